The fourth-order valence-electron chi connectivity index (χ4n) is 3.46. The molecule has 2 aromatic heterocycles. The zero-order chi connectivity index (χ0) is 21.8. The standard InChI is InChI=1S/C21H22N8O2/c22-5-7-29-12-15(9-26-29)13-2-1-3-14(8-13)16-11-25-20(23)19(27-16)21(31)28-17-10-24-6-4-18(17)30/h1-3,8-9,11-12,17-18,24,30H,4,6-7,10H2,(H2,23,25)(H,28,31). The Labute approximate surface area is 178 Å². The molecule has 0 aliphatic carbocycles. The van der Waals surface area contributed by atoms with Crippen LogP contribution in [-0.4, -0.2) is 56.0 Å². The first-order valence-corrected chi connectivity index (χ1v) is 9.87. The number of aliphatic hydroxyl groups is 1. The van der Waals surface area contributed by atoms with E-state index < -0.39 is 18.1 Å². The molecule has 3 heterocycles. The van der Waals surface area contributed by atoms with Crippen molar-refractivity contribution in [3.05, 3.63) is 48.5 Å². The van der Waals surface area contributed by atoms with E-state index in [0.29, 0.717) is 25.2 Å². The topological polar surface area (TPSA) is 155 Å². The average molecular weight is 418 g/mol. The van der Waals surface area contributed by atoms with E-state index in [1.165, 1.54) is 6.20 Å². The van der Waals surface area contributed by atoms with Gasteiger partial charge in [-0.25, -0.2) is 9.97 Å². The minimum atomic E-state index is -0.624. The number of anilines is 1. The van der Waals surface area contributed by atoms with E-state index in [-0.39, 0.29) is 18.1 Å². The van der Waals surface area contributed by atoms with E-state index in [4.69, 9.17) is 11.0 Å². The molecule has 0 radical (unpaired) electrons. The number of nitriles is 1. The van der Waals surface area contributed by atoms with Crippen LogP contribution in [-0.2, 0) is 6.54 Å². The van der Waals surface area contributed by atoms with Crippen LogP contribution in [0.5, 0.6) is 0 Å². The summed E-state index contributed by atoms with van der Waals surface area (Å²) in [5, 5.41) is 29.0. The van der Waals surface area contributed by atoms with Crippen molar-refractivity contribution in [1.29, 1.82) is 5.26 Å². The molecule has 1 amide bonds. The predicted molar refractivity (Wildman–Crippen MR) is 113 cm³/mol. The van der Waals surface area contributed by atoms with Gasteiger partial charge in [-0.2, -0.15) is 10.4 Å². The van der Waals surface area contributed by atoms with Gasteiger partial charge in [0, 0.05) is 23.9 Å². The Hall–Kier alpha value is -3.81. The van der Waals surface area contributed by atoms with Crippen molar-refractivity contribution in [2.24, 2.45) is 0 Å². The summed E-state index contributed by atoms with van der Waals surface area (Å²) in [5.74, 6) is -0.457. The van der Waals surface area contributed by atoms with Crippen LogP contribution in [0, 0.1) is 11.3 Å². The Morgan fingerprint density at radius 1 is 1.35 bits per heavy atom. The lowest BCUT2D eigenvalue weighted by Crippen LogP contribution is -2.53. The van der Waals surface area contributed by atoms with Crippen LogP contribution >= 0.6 is 0 Å². The summed E-state index contributed by atoms with van der Waals surface area (Å²) >= 11 is 0. The minimum Gasteiger partial charge on any atom is -0.391 e. The quantitative estimate of drug-likeness (QED) is 0.469. The number of nitrogen functional groups attached to an aromatic ring is 1. The van der Waals surface area contributed by atoms with Crippen LogP contribution in [0.1, 0.15) is 16.9 Å². The first-order valence-electron chi connectivity index (χ1n) is 9.87. The molecule has 3 aromatic rings. The summed E-state index contributed by atoms with van der Waals surface area (Å²) in [6, 6.07) is 9.20. The third-order valence-electron chi connectivity index (χ3n) is 5.14. The first-order chi connectivity index (χ1) is 15.0. The van der Waals surface area contributed by atoms with Gasteiger partial charge in [0.25, 0.3) is 5.91 Å². The van der Waals surface area contributed by atoms with Gasteiger partial charge >= 0.3 is 0 Å². The molecular weight excluding hydrogens is 396 g/mol. The van der Waals surface area contributed by atoms with Crippen molar-refractivity contribution in [3.8, 4) is 28.5 Å². The molecule has 1 aliphatic heterocycles. The number of benzene rings is 1. The molecule has 0 bridgehead atoms. The van der Waals surface area contributed by atoms with Gasteiger partial charge < -0.3 is 21.5 Å². The van der Waals surface area contributed by atoms with E-state index in [2.05, 4.69) is 31.8 Å². The predicted octanol–water partition coefficient (Wildman–Crippen LogP) is 0.565. The maximum absolute atomic E-state index is 12.7. The molecule has 1 fully saturated rings. The normalized spacial score (nSPS) is 18.3. The Balaban J connectivity index is 1.59. The van der Waals surface area contributed by atoms with Gasteiger partial charge in [0.05, 0.1) is 36.3 Å². The van der Waals surface area contributed by atoms with Crippen LogP contribution in [0.15, 0.2) is 42.9 Å². The molecule has 158 valence electrons. The van der Waals surface area contributed by atoms with Gasteiger partial charge in [-0.3, -0.25) is 9.48 Å². The highest BCUT2D eigenvalue weighted by Crippen LogP contribution is 2.25. The number of aliphatic hydroxyl groups excluding tert-OH is 1. The molecule has 2 atom stereocenters. The Bertz CT molecular complexity index is 1140. The Morgan fingerprint density at radius 3 is 3.00 bits per heavy atom. The van der Waals surface area contributed by atoms with E-state index in [1.54, 1.807) is 17.1 Å². The van der Waals surface area contributed by atoms with Crippen molar-refractivity contribution < 1.29 is 9.90 Å². The zero-order valence-electron chi connectivity index (χ0n) is 16.7. The van der Waals surface area contributed by atoms with Gasteiger partial charge in [0.15, 0.2) is 11.5 Å². The molecule has 5 N–H and O–H groups in total. The Kier molecular flexibility index (Phi) is 5.88. The molecule has 0 saturated carbocycles. The number of hydrogen-bond donors (Lipinski definition) is 4. The van der Waals surface area contributed by atoms with E-state index in [1.807, 2.05) is 24.3 Å². The van der Waals surface area contributed by atoms with E-state index in [9.17, 15) is 9.90 Å². The second-order valence-corrected chi connectivity index (χ2v) is 7.29. The van der Waals surface area contributed by atoms with Gasteiger partial charge in [0.1, 0.15) is 6.54 Å². The Morgan fingerprint density at radius 2 is 2.19 bits per heavy atom. The van der Waals surface area contributed by atoms with Crippen LogP contribution in [0.4, 0.5) is 5.82 Å². The molecule has 31 heavy (non-hydrogen) atoms. The summed E-state index contributed by atoms with van der Waals surface area (Å²) in [6.45, 7) is 1.35. The molecule has 2 unspecified atom stereocenters. The molecule has 4 rings (SSSR count). The number of carbonyl (C=O) groups is 1. The molecule has 0 spiro atoms. The summed E-state index contributed by atoms with van der Waals surface area (Å²) in [7, 11) is 0. The lowest BCUT2D eigenvalue weighted by Gasteiger charge is -2.29. The lowest BCUT2D eigenvalue weighted by atomic mass is 10.0. The van der Waals surface area contributed by atoms with Gasteiger partial charge in [-0.05, 0) is 24.6 Å². The van der Waals surface area contributed by atoms with Crippen molar-refractivity contribution >= 4 is 11.7 Å². The SMILES string of the molecule is N#CCn1cc(-c2cccc(-c3cnc(N)c(C(=O)NC4CNCCC4O)n3)c2)cn1. The van der Waals surface area contributed by atoms with E-state index >= 15 is 0 Å². The van der Waals surface area contributed by atoms with Crippen molar-refractivity contribution in [3.63, 3.8) is 0 Å². The number of amides is 1. The highest BCUT2D eigenvalue weighted by molar-refractivity contribution is 5.97. The number of nitrogens with one attached hydrogen (secondary N) is 2. The summed E-state index contributed by atoms with van der Waals surface area (Å²) in [5.41, 5.74) is 8.93. The summed E-state index contributed by atoms with van der Waals surface area (Å²) in [4.78, 5) is 21.3. The van der Waals surface area contributed by atoms with Crippen LogP contribution in [0.2, 0.25) is 0 Å². The van der Waals surface area contributed by atoms with E-state index in [0.717, 1.165) is 16.7 Å². The molecule has 1 saturated heterocycles. The van der Waals surface area contributed by atoms with Crippen molar-refractivity contribution in [2.75, 3.05) is 18.8 Å². The van der Waals surface area contributed by atoms with Crippen molar-refractivity contribution in [2.45, 2.75) is 25.1 Å². The van der Waals surface area contributed by atoms with Crippen LogP contribution in [0.25, 0.3) is 22.4 Å². The number of aromatic nitrogens is 4. The van der Waals surface area contributed by atoms with Gasteiger partial charge in [-0.15, -0.1) is 0 Å². The highest BCUT2D eigenvalue weighted by Gasteiger charge is 2.26. The van der Waals surface area contributed by atoms with Crippen LogP contribution in [0.3, 0.4) is 0 Å². The number of piperidine rings is 1. The number of rotatable bonds is 5. The maximum Gasteiger partial charge on any atom is 0.274 e. The average Bonchev–Trinajstić information content (AvgIpc) is 3.25. The van der Waals surface area contributed by atoms with Gasteiger partial charge in [-0.1, -0.05) is 18.2 Å². The lowest BCUT2D eigenvalue weighted by molar-refractivity contribution is 0.0751. The molecule has 1 aliphatic rings. The minimum absolute atomic E-state index is 0.0162. The molecule has 10 heteroatoms. The largest absolute Gasteiger partial charge is 0.391 e. The number of hydrogen-bond acceptors (Lipinski definition) is 8. The van der Waals surface area contributed by atoms with Crippen molar-refractivity contribution in [1.82, 2.24) is 30.4 Å². The second kappa shape index (κ2) is 8.91. The first kappa shape index (κ1) is 20.5. The molecule has 10 nitrogen and oxygen atoms in total. The third kappa shape index (κ3) is 4.53. The monoisotopic (exact) mass is 418 g/mol. The van der Waals surface area contributed by atoms with Gasteiger partial charge in [0.2, 0.25) is 0 Å². The fourth-order valence-corrected chi connectivity index (χ4v) is 3.46. The number of nitrogens with zero attached hydrogens (tertiary/aromatic N) is 5. The third-order valence-corrected chi connectivity index (χ3v) is 5.14. The summed E-state index contributed by atoms with van der Waals surface area (Å²) < 4.78 is 1.56. The number of carbonyl (C=O) groups excluding carboxylic acids is 1. The maximum atomic E-state index is 12.7. The molecular formula is C21H22N8O2. The zero-order valence-corrected chi connectivity index (χ0v) is 16.7. The summed E-state index contributed by atoms with van der Waals surface area (Å²) in [6.07, 6.45) is 4.93. The number of nitrogens with two attached hydrogens (primary N) is 1. The smallest absolute Gasteiger partial charge is 0.274 e. The van der Waals surface area contributed by atoms with Crippen LogP contribution < -0.4 is 16.4 Å². The fraction of sp³-hybridized carbons (Fsp3) is 0.286. The highest BCUT2D eigenvalue weighted by atomic mass is 16.3. The molecule has 1 aromatic carbocycles. The second-order valence-electron chi connectivity index (χ2n) is 7.29.